The number of hydrogen-bond donors (Lipinski definition) is 0. The molecule has 5 nitrogen and oxygen atoms in total. The molecule has 0 bridgehead atoms. The van der Waals surface area contributed by atoms with Crippen molar-refractivity contribution < 1.29 is 28.2 Å². The predicted molar refractivity (Wildman–Crippen MR) is 62.7 cm³/mol. The van der Waals surface area contributed by atoms with Gasteiger partial charge in [0.1, 0.15) is 17.1 Å². The number of benzene rings is 1. The fourth-order valence-electron chi connectivity index (χ4n) is 1.69. The largest absolute Gasteiger partial charge is 0.451 e. The molecular weight excluding hydrogens is 255 g/mol. The molecule has 0 radical (unpaired) electrons. The van der Waals surface area contributed by atoms with E-state index in [2.05, 4.69) is 4.74 Å². The maximum absolute atomic E-state index is 13.6. The van der Waals surface area contributed by atoms with Crippen molar-refractivity contribution in [1.82, 2.24) is 0 Å². The molecule has 0 saturated carbocycles. The molecule has 0 aliphatic carbocycles. The summed E-state index contributed by atoms with van der Waals surface area (Å²) >= 11 is 0. The van der Waals surface area contributed by atoms with Crippen LogP contribution in [-0.4, -0.2) is 18.2 Å². The van der Waals surface area contributed by atoms with E-state index >= 15 is 0 Å². The van der Waals surface area contributed by atoms with Crippen LogP contribution in [0.5, 0.6) is 5.75 Å². The quantitative estimate of drug-likeness (QED) is 0.477. The fourth-order valence-corrected chi connectivity index (χ4v) is 1.69. The number of carbonyl (C=O) groups excluding carboxylic acids is 2. The molecule has 2 rings (SSSR count). The number of hydrogen-bond acceptors (Lipinski definition) is 5. The van der Waals surface area contributed by atoms with Crippen LogP contribution in [0, 0.1) is 5.82 Å². The standard InChI is InChI=1S/C13H11FO5/c1-13(2)18-11-8(5-6-17-7-15)3-4-9(14)10(11)12(16)19-13/h3-7H,1-2H3/b6-5+. The summed E-state index contributed by atoms with van der Waals surface area (Å²) in [6.45, 7) is 3.31. The SMILES string of the molecule is CC1(C)OC(=O)c2c(F)ccc(/C=C/OC=O)c2O1. The topological polar surface area (TPSA) is 61.8 Å². The van der Waals surface area contributed by atoms with Crippen molar-refractivity contribution in [2.24, 2.45) is 0 Å². The van der Waals surface area contributed by atoms with Crippen molar-refractivity contribution in [2.45, 2.75) is 19.6 Å². The number of halogens is 1. The third-order valence-electron chi connectivity index (χ3n) is 2.41. The van der Waals surface area contributed by atoms with Crippen LogP contribution < -0.4 is 4.74 Å². The van der Waals surface area contributed by atoms with Gasteiger partial charge in [-0.3, -0.25) is 4.79 Å². The molecule has 0 amide bonds. The molecule has 100 valence electrons. The van der Waals surface area contributed by atoms with E-state index in [-0.39, 0.29) is 17.8 Å². The monoisotopic (exact) mass is 266 g/mol. The van der Waals surface area contributed by atoms with E-state index in [0.717, 1.165) is 12.3 Å². The molecule has 1 heterocycles. The zero-order chi connectivity index (χ0) is 14.0. The maximum Gasteiger partial charge on any atom is 0.348 e. The van der Waals surface area contributed by atoms with E-state index < -0.39 is 17.6 Å². The van der Waals surface area contributed by atoms with Crippen molar-refractivity contribution in [3.63, 3.8) is 0 Å². The van der Waals surface area contributed by atoms with Crippen LogP contribution in [0.25, 0.3) is 6.08 Å². The highest BCUT2D eigenvalue weighted by Crippen LogP contribution is 2.36. The Kier molecular flexibility index (Phi) is 3.25. The molecule has 0 saturated heterocycles. The molecule has 0 N–H and O–H groups in total. The van der Waals surface area contributed by atoms with Crippen molar-refractivity contribution in [3.05, 3.63) is 35.3 Å². The van der Waals surface area contributed by atoms with E-state index in [1.165, 1.54) is 26.0 Å². The molecule has 1 aliphatic rings. The highest BCUT2D eigenvalue weighted by molar-refractivity contribution is 5.95. The van der Waals surface area contributed by atoms with Gasteiger partial charge in [-0.2, -0.15) is 0 Å². The first kappa shape index (κ1) is 13.1. The molecule has 1 aromatic carbocycles. The lowest BCUT2D eigenvalue weighted by Gasteiger charge is -2.32. The summed E-state index contributed by atoms with van der Waals surface area (Å²) in [7, 11) is 0. The minimum atomic E-state index is -1.19. The van der Waals surface area contributed by atoms with Crippen LogP contribution in [0.2, 0.25) is 0 Å². The zero-order valence-corrected chi connectivity index (χ0v) is 10.3. The van der Waals surface area contributed by atoms with Gasteiger partial charge < -0.3 is 14.2 Å². The average molecular weight is 266 g/mol. The molecule has 1 aromatic rings. The molecule has 0 spiro atoms. The summed E-state index contributed by atoms with van der Waals surface area (Å²) < 4.78 is 28.5. The molecule has 6 heteroatoms. The van der Waals surface area contributed by atoms with Crippen molar-refractivity contribution in [1.29, 1.82) is 0 Å². The smallest absolute Gasteiger partial charge is 0.348 e. The van der Waals surface area contributed by atoms with Crippen LogP contribution in [0.1, 0.15) is 29.8 Å². The van der Waals surface area contributed by atoms with Gasteiger partial charge in [-0.25, -0.2) is 9.18 Å². The second-order valence-electron chi connectivity index (χ2n) is 4.27. The van der Waals surface area contributed by atoms with Gasteiger partial charge in [0.15, 0.2) is 0 Å². The Morgan fingerprint density at radius 2 is 2.05 bits per heavy atom. The minimum absolute atomic E-state index is 0.0620. The van der Waals surface area contributed by atoms with Crippen LogP contribution in [0.4, 0.5) is 4.39 Å². The Hall–Kier alpha value is -2.37. The Bertz CT molecular complexity index is 562. The lowest BCUT2D eigenvalue weighted by Crippen LogP contribution is -2.39. The van der Waals surface area contributed by atoms with Crippen LogP contribution in [0.3, 0.4) is 0 Å². The third-order valence-corrected chi connectivity index (χ3v) is 2.41. The Labute approximate surface area is 108 Å². The summed E-state index contributed by atoms with van der Waals surface area (Å²) in [5, 5.41) is 0. The second kappa shape index (κ2) is 4.72. The highest BCUT2D eigenvalue weighted by Gasteiger charge is 2.37. The van der Waals surface area contributed by atoms with Gasteiger partial charge in [-0.15, -0.1) is 0 Å². The number of ether oxygens (including phenoxy) is 3. The molecule has 1 aliphatic heterocycles. The number of fused-ring (bicyclic) bond motifs is 1. The van der Waals surface area contributed by atoms with Crippen molar-refractivity contribution >= 4 is 18.5 Å². The van der Waals surface area contributed by atoms with Crippen LogP contribution in [-0.2, 0) is 14.3 Å². The summed E-state index contributed by atoms with van der Waals surface area (Å²) in [6.07, 6.45) is 2.50. The number of rotatable bonds is 3. The first-order valence-corrected chi connectivity index (χ1v) is 5.45. The van der Waals surface area contributed by atoms with Gasteiger partial charge in [0.25, 0.3) is 6.47 Å². The van der Waals surface area contributed by atoms with Gasteiger partial charge in [0, 0.05) is 19.4 Å². The lowest BCUT2D eigenvalue weighted by molar-refractivity contribution is -0.128. The zero-order valence-electron chi connectivity index (χ0n) is 10.3. The Balaban J connectivity index is 2.51. The summed E-state index contributed by atoms with van der Waals surface area (Å²) in [5.41, 5.74) is 0.135. The van der Waals surface area contributed by atoms with Crippen LogP contribution in [0.15, 0.2) is 18.4 Å². The fraction of sp³-hybridized carbons (Fsp3) is 0.231. The molecule has 19 heavy (non-hydrogen) atoms. The predicted octanol–water partition coefficient (Wildman–Crippen LogP) is 2.25. The van der Waals surface area contributed by atoms with Gasteiger partial charge in [-0.05, 0) is 18.2 Å². The van der Waals surface area contributed by atoms with Crippen LogP contribution >= 0.6 is 0 Å². The summed E-state index contributed by atoms with van der Waals surface area (Å²) in [4.78, 5) is 21.8. The molecule has 0 aromatic heterocycles. The van der Waals surface area contributed by atoms with Gasteiger partial charge in [0.2, 0.25) is 5.79 Å². The lowest BCUT2D eigenvalue weighted by atomic mass is 10.1. The van der Waals surface area contributed by atoms with Crippen molar-refractivity contribution in [3.8, 4) is 5.75 Å². The number of esters is 1. The first-order valence-electron chi connectivity index (χ1n) is 5.45. The Morgan fingerprint density at radius 1 is 1.32 bits per heavy atom. The Morgan fingerprint density at radius 3 is 2.74 bits per heavy atom. The summed E-state index contributed by atoms with van der Waals surface area (Å²) in [5.74, 6) is -2.65. The first-order chi connectivity index (χ1) is 8.94. The van der Waals surface area contributed by atoms with E-state index in [1.807, 2.05) is 0 Å². The van der Waals surface area contributed by atoms with E-state index in [9.17, 15) is 14.0 Å². The molecule has 0 fully saturated rings. The maximum atomic E-state index is 13.6. The third kappa shape index (κ3) is 2.57. The average Bonchev–Trinajstić information content (AvgIpc) is 2.30. The number of cyclic esters (lactones) is 1. The van der Waals surface area contributed by atoms with E-state index in [1.54, 1.807) is 0 Å². The van der Waals surface area contributed by atoms with Gasteiger partial charge in [-0.1, -0.05) is 0 Å². The van der Waals surface area contributed by atoms with E-state index in [0.29, 0.717) is 5.56 Å². The summed E-state index contributed by atoms with van der Waals surface area (Å²) in [6, 6.07) is 2.52. The normalized spacial score (nSPS) is 16.5. The molecule has 0 unspecified atom stereocenters. The van der Waals surface area contributed by atoms with E-state index in [4.69, 9.17) is 9.47 Å². The van der Waals surface area contributed by atoms with Crippen molar-refractivity contribution in [2.75, 3.05) is 0 Å². The molecular formula is C13H11FO5. The van der Waals surface area contributed by atoms with Gasteiger partial charge >= 0.3 is 5.97 Å². The minimum Gasteiger partial charge on any atom is -0.451 e. The van der Waals surface area contributed by atoms with Gasteiger partial charge in [0.05, 0.1) is 6.26 Å². The highest BCUT2D eigenvalue weighted by atomic mass is 19.1. The molecule has 0 atom stereocenters. The second-order valence-corrected chi connectivity index (χ2v) is 4.27. The number of carbonyl (C=O) groups is 2.